The number of esters is 1. The average Bonchev–Trinajstić information content (AvgIpc) is 2.78. The summed E-state index contributed by atoms with van der Waals surface area (Å²) in [6.07, 6.45) is 0. The summed E-state index contributed by atoms with van der Waals surface area (Å²) in [4.78, 5) is 11.3. The van der Waals surface area contributed by atoms with Crippen molar-refractivity contribution in [3.8, 4) is 5.75 Å². The topological polar surface area (TPSA) is 60.2 Å². The van der Waals surface area contributed by atoms with E-state index >= 15 is 0 Å². The fourth-order valence-corrected chi connectivity index (χ4v) is 1.90. The Bertz CT molecular complexity index is 505. The highest BCUT2D eigenvalue weighted by molar-refractivity contribution is 6.29. The molecule has 1 aromatic rings. The number of azo groups is 1. The van der Waals surface area contributed by atoms with Gasteiger partial charge in [0, 0.05) is 11.5 Å². The van der Waals surface area contributed by atoms with Crippen molar-refractivity contribution in [2.45, 2.75) is 25.3 Å². The van der Waals surface area contributed by atoms with Crippen LogP contribution in [0.5, 0.6) is 5.75 Å². The lowest BCUT2D eigenvalue weighted by Gasteiger charge is -2.03. The first-order valence-corrected chi connectivity index (χ1v) is 6.53. The summed E-state index contributed by atoms with van der Waals surface area (Å²) >= 11 is 5.75. The molecule has 1 heterocycles. The lowest BCUT2D eigenvalue weighted by Crippen LogP contribution is -2.14. The molecule has 102 valence electrons. The third-order valence-electron chi connectivity index (χ3n) is 2.77. The maximum Gasteiger partial charge on any atom is 0.348 e. The van der Waals surface area contributed by atoms with Gasteiger partial charge in [0.2, 0.25) is 5.50 Å². The van der Waals surface area contributed by atoms with Crippen molar-refractivity contribution in [2.24, 2.45) is 10.2 Å². The van der Waals surface area contributed by atoms with Crippen LogP contribution in [0.25, 0.3) is 0 Å². The maximum absolute atomic E-state index is 11.3. The summed E-state index contributed by atoms with van der Waals surface area (Å²) < 4.78 is 10.2. The normalized spacial score (nSPS) is 19.0. The molecule has 19 heavy (non-hydrogen) atoms. The zero-order chi connectivity index (χ0) is 13.8. The van der Waals surface area contributed by atoms with Crippen LogP contribution >= 0.6 is 11.6 Å². The molecule has 2 atom stereocenters. The number of halogens is 1. The van der Waals surface area contributed by atoms with Gasteiger partial charge < -0.3 is 9.47 Å². The highest BCUT2D eigenvalue weighted by Crippen LogP contribution is 2.36. The number of carbonyl (C=O) groups excluding carboxylic acids is 1. The number of alkyl halides is 1. The Kier molecular flexibility index (Phi) is 4.37. The van der Waals surface area contributed by atoms with E-state index in [9.17, 15) is 4.79 Å². The first-order chi connectivity index (χ1) is 9.11. The molecule has 1 aliphatic heterocycles. The lowest BCUT2D eigenvalue weighted by atomic mass is 10.0. The Labute approximate surface area is 116 Å². The SMILES string of the molecule is CCOC(=O)C(Cl)N=Nc1ccc2c(c1)C(C)CO2. The summed E-state index contributed by atoms with van der Waals surface area (Å²) in [5.41, 5.74) is 0.631. The molecule has 5 nitrogen and oxygen atoms in total. The number of ether oxygens (including phenoxy) is 2. The Morgan fingerprint density at radius 2 is 2.42 bits per heavy atom. The predicted molar refractivity (Wildman–Crippen MR) is 71.1 cm³/mol. The molecule has 0 saturated carbocycles. The van der Waals surface area contributed by atoms with Gasteiger partial charge in [-0.05, 0) is 25.1 Å². The van der Waals surface area contributed by atoms with E-state index in [0.29, 0.717) is 18.2 Å². The van der Waals surface area contributed by atoms with Gasteiger partial charge in [0.15, 0.2) is 0 Å². The summed E-state index contributed by atoms with van der Waals surface area (Å²) in [5, 5.41) is 7.70. The molecule has 0 N–H and O–H groups in total. The molecule has 0 bridgehead atoms. The van der Waals surface area contributed by atoms with Crippen LogP contribution in [-0.2, 0) is 9.53 Å². The Morgan fingerprint density at radius 3 is 3.16 bits per heavy atom. The zero-order valence-corrected chi connectivity index (χ0v) is 11.6. The summed E-state index contributed by atoms with van der Waals surface area (Å²) in [6, 6.07) is 5.52. The molecule has 0 spiro atoms. The minimum absolute atomic E-state index is 0.269. The molecule has 0 radical (unpaired) electrons. The highest BCUT2D eigenvalue weighted by atomic mass is 35.5. The minimum atomic E-state index is -1.11. The van der Waals surface area contributed by atoms with Crippen LogP contribution in [0, 0.1) is 0 Å². The van der Waals surface area contributed by atoms with Gasteiger partial charge in [-0.1, -0.05) is 18.5 Å². The number of benzene rings is 1. The van der Waals surface area contributed by atoms with E-state index in [1.165, 1.54) is 0 Å². The first-order valence-electron chi connectivity index (χ1n) is 6.10. The number of rotatable bonds is 4. The van der Waals surface area contributed by atoms with E-state index in [0.717, 1.165) is 11.3 Å². The van der Waals surface area contributed by atoms with Crippen molar-refractivity contribution in [3.63, 3.8) is 0 Å². The number of hydrogen-bond acceptors (Lipinski definition) is 5. The first kappa shape index (κ1) is 13.8. The fourth-order valence-electron chi connectivity index (χ4n) is 1.79. The van der Waals surface area contributed by atoms with Crippen LogP contribution in [0.2, 0.25) is 0 Å². The molecule has 0 amide bonds. The summed E-state index contributed by atoms with van der Waals surface area (Å²) in [6.45, 7) is 4.73. The second-order valence-corrected chi connectivity index (χ2v) is 4.65. The van der Waals surface area contributed by atoms with Gasteiger partial charge in [-0.2, -0.15) is 10.2 Å². The molecule has 0 aromatic heterocycles. The molecule has 1 aromatic carbocycles. The van der Waals surface area contributed by atoms with Crippen LogP contribution in [0.15, 0.2) is 28.4 Å². The van der Waals surface area contributed by atoms with Gasteiger partial charge in [0.05, 0.1) is 18.9 Å². The molecule has 1 aliphatic rings. The number of hydrogen-bond donors (Lipinski definition) is 0. The predicted octanol–water partition coefficient (Wildman–Crippen LogP) is 3.39. The van der Waals surface area contributed by atoms with Crippen LogP contribution in [-0.4, -0.2) is 24.7 Å². The monoisotopic (exact) mass is 282 g/mol. The van der Waals surface area contributed by atoms with Gasteiger partial charge in [-0.15, -0.1) is 0 Å². The molecular weight excluding hydrogens is 268 g/mol. The Balaban J connectivity index is 2.07. The molecule has 2 rings (SSSR count). The van der Waals surface area contributed by atoms with Crippen molar-refractivity contribution in [2.75, 3.05) is 13.2 Å². The molecular formula is C13H15ClN2O3. The summed E-state index contributed by atoms with van der Waals surface area (Å²) in [7, 11) is 0. The van der Waals surface area contributed by atoms with E-state index in [2.05, 4.69) is 17.2 Å². The number of fused-ring (bicyclic) bond motifs is 1. The van der Waals surface area contributed by atoms with Gasteiger partial charge in [-0.3, -0.25) is 0 Å². The third-order valence-corrected chi connectivity index (χ3v) is 3.03. The quantitative estimate of drug-likeness (QED) is 0.368. The highest BCUT2D eigenvalue weighted by Gasteiger charge is 2.20. The number of nitrogens with zero attached hydrogens (tertiary/aromatic N) is 2. The second kappa shape index (κ2) is 6.02. The fraction of sp³-hybridized carbons (Fsp3) is 0.462. The molecule has 6 heteroatoms. The standard InChI is InChI=1S/C13H15ClN2O3/c1-3-18-13(17)12(14)16-15-9-4-5-11-10(6-9)8(2)7-19-11/h4-6,8,12H,3,7H2,1-2H3. The van der Waals surface area contributed by atoms with Crippen molar-refractivity contribution >= 4 is 23.3 Å². The van der Waals surface area contributed by atoms with Crippen LogP contribution in [0.4, 0.5) is 5.69 Å². The molecule has 0 aliphatic carbocycles. The zero-order valence-electron chi connectivity index (χ0n) is 10.8. The minimum Gasteiger partial charge on any atom is -0.493 e. The van der Waals surface area contributed by atoms with Gasteiger partial charge in [0.25, 0.3) is 0 Å². The molecule has 2 unspecified atom stereocenters. The summed E-state index contributed by atoms with van der Waals surface area (Å²) in [5.74, 6) is 0.618. The molecule has 0 saturated heterocycles. The Morgan fingerprint density at radius 1 is 1.63 bits per heavy atom. The average molecular weight is 283 g/mol. The van der Waals surface area contributed by atoms with Gasteiger partial charge >= 0.3 is 5.97 Å². The van der Waals surface area contributed by atoms with E-state index in [1.54, 1.807) is 13.0 Å². The van der Waals surface area contributed by atoms with E-state index < -0.39 is 11.5 Å². The van der Waals surface area contributed by atoms with E-state index in [1.807, 2.05) is 12.1 Å². The third kappa shape index (κ3) is 3.23. The van der Waals surface area contributed by atoms with Gasteiger partial charge in [0.1, 0.15) is 5.75 Å². The van der Waals surface area contributed by atoms with Crippen LogP contribution in [0.3, 0.4) is 0 Å². The second-order valence-electron chi connectivity index (χ2n) is 4.24. The molecule has 0 fully saturated rings. The smallest absolute Gasteiger partial charge is 0.348 e. The van der Waals surface area contributed by atoms with E-state index in [4.69, 9.17) is 21.1 Å². The van der Waals surface area contributed by atoms with Crippen molar-refractivity contribution in [1.29, 1.82) is 0 Å². The van der Waals surface area contributed by atoms with Crippen LogP contribution < -0.4 is 4.74 Å². The van der Waals surface area contributed by atoms with Crippen LogP contribution in [0.1, 0.15) is 25.3 Å². The lowest BCUT2D eigenvalue weighted by molar-refractivity contribution is -0.142. The van der Waals surface area contributed by atoms with E-state index in [-0.39, 0.29) is 6.61 Å². The maximum atomic E-state index is 11.3. The Hall–Kier alpha value is -1.62. The van der Waals surface area contributed by atoms with Crippen molar-refractivity contribution in [3.05, 3.63) is 23.8 Å². The van der Waals surface area contributed by atoms with Gasteiger partial charge in [-0.25, -0.2) is 4.79 Å². The van der Waals surface area contributed by atoms with Crippen molar-refractivity contribution < 1.29 is 14.3 Å². The number of carbonyl (C=O) groups is 1. The largest absolute Gasteiger partial charge is 0.493 e. The van der Waals surface area contributed by atoms with Crippen molar-refractivity contribution in [1.82, 2.24) is 0 Å².